The number of hydrazone groups is 1. The number of hydrogen-bond acceptors (Lipinski definition) is 5. The van der Waals surface area contributed by atoms with E-state index in [-0.39, 0.29) is 0 Å². The molecule has 1 saturated heterocycles. The van der Waals surface area contributed by atoms with Crippen LogP contribution in [0.1, 0.15) is 18.1 Å². The van der Waals surface area contributed by atoms with E-state index in [1.54, 1.807) is 69.7 Å². The first kappa shape index (κ1) is 17.5. The van der Waals surface area contributed by atoms with Crippen molar-refractivity contribution in [3.8, 4) is 11.5 Å². The van der Waals surface area contributed by atoms with E-state index in [1.807, 2.05) is 0 Å². The van der Waals surface area contributed by atoms with Gasteiger partial charge in [-0.3, -0.25) is 4.79 Å². The minimum Gasteiger partial charge on any atom is -0.497 e. The van der Waals surface area contributed by atoms with E-state index >= 15 is 0 Å². The van der Waals surface area contributed by atoms with Gasteiger partial charge in [-0.2, -0.15) is 5.10 Å². The lowest BCUT2D eigenvalue weighted by atomic mass is 9.92. The summed E-state index contributed by atoms with van der Waals surface area (Å²) in [5.74, 6) is 0.935. The average Bonchev–Trinajstić information content (AvgIpc) is 2.90. The standard InChI is InChI=1S/C19H19N3O4/c1-19(14-6-10-16(26-3)11-7-14)17(23)22(18(24)21-19)20-12-13-4-8-15(25-2)9-5-13/h4-12H,1-3H3,(H,21,24)/b20-12+. The van der Waals surface area contributed by atoms with Crippen LogP contribution in [0, 0.1) is 0 Å². The highest BCUT2D eigenvalue weighted by Crippen LogP contribution is 2.30. The summed E-state index contributed by atoms with van der Waals surface area (Å²) in [6.45, 7) is 1.65. The third kappa shape index (κ3) is 3.11. The van der Waals surface area contributed by atoms with Crippen LogP contribution in [0.3, 0.4) is 0 Å². The van der Waals surface area contributed by atoms with Crippen molar-refractivity contribution in [2.24, 2.45) is 5.10 Å². The molecule has 1 heterocycles. The van der Waals surface area contributed by atoms with Crippen LogP contribution in [0.25, 0.3) is 0 Å². The first-order chi connectivity index (χ1) is 12.5. The van der Waals surface area contributed by atoms with E-state index in [0.29, 0.717) is 17.1 Å². The molecule has 1 atom stereocenters. The molecule has 0 bridgehead atoms. The van der Waals surface area contributed by atoms with Gasteiger partial charge >= 0.3 is 6.03 Å². The van der Waals surface area contributed by atoms with E-state index in [2.05, 4.69) is 10.4 Å². The zero-order valence-electron chi connectivity index (χ0n) is 14.7. The van der Waals surface area contributed by atoms with Crippen LogP contribution >= 0.6 is 0 Å². The molecule has 0 aromatic heterocycles. The van der Waals surface area contributed by atoms with Crippen molar-refractivity contribution in [2.45, 2.75) is 12.5 Å². The first-order valence-electron chi connectivity index (χ1n) is 7.97. The number of urea groups is 1. The summed E-state index contributed by atoms with van der Waals surface area (Å²) >= 11 is 0. The lowest BCUT2D eigenvalue weighted by Gasteiger charge is -2.21. The number of hydrogen-bond donors (Lipinski definition) is 1. The van der Waals surface area contributed by atoms with E-state index in [1.165, 1.54) is 6.21 Å². The number of benzene rings is 2. The molecule has 1 aliphatic heterocycles. The molecule has 1 N–H and O–H groups in total. The number of rotatable bonds is 5. The number of carbonyl (C=O) groups is 2. The topological polar surface area (TPSA) is 80.2 Å². The molecule has 0 radical (unpaired) electrons. The van der Waals surface area contributed by atoms with Crippen LogP contribution in [-0.4, -0.2) is 37.4 Å². The quantitative estimate of drug-likeness (QED) is 0.662. The molecule has 1 aliphatic rings. The van der Waals surface area contributed by atoms with Gasteiger partial charge in [0.25, 0.3) is 5.91 Å². The molecule has 2 aromatic carbocycles. The predicted octanol–water partition coefficient (Wildman–Crippen LogP) is 2.50. The van der Waals surface area contributed by atoms with Gasteiger partial charge in [0.05, 0.1) is 20.4 Å². The molecule has 134 valence electrons. The van der Waals surface area contributed by atoms with Gasteiger partial charge in [-0.25, -0.2) is 4.79 Å². The Morgan fingerprint density at radius 2 is 1.50 bits per heavy atom. The van der Waals surface area contributed by atoms with Gasteiger partial charge < -0.3 is 14.8 Å². The second-order valence-corrected chi connectivity index (χ2v) is 5.92. The van der Waals surface area contributed by atoms with Gasteiger partial charge in [-0.05, 0) is 54.4 Å². The van der Waals surface area contributed by atoms with E-state index in [4.69, 9.17) is 9.47 Å². The summed E-state index contributed by atoms with van der Waals surface area (Å²) in [5.41, 5.74) is 0.212. The molecule has 0 spiro atoms. The van der Waals surface area contributed by atoms with Crippen LogP contribution in [-0.2, 0) is 10.3 Å². The zero-order valence-corrected chi connectivity index (χ0v) is 14.7. The monoisotopic (exact) mass is 353 g/mol. The van der Waals surface area contributed by atoms with Gasteiger partial charge in [0.15, 0.2) is 0 Å². The summed E-state index contributed by atoms with van der Waals surface area (Å²) < 4.78 is 10.2. The Morgan fingerprint density at radius 1 is 0.962 bits per heavy atom. The number of ether oxygens (including phenoxy) is 2. The van der Waals surface area contributed by atoms with E-state index in [0.717, 1.165) is 10.6 Å². The number of imide groups is 1. The minimum atomic E-state index is -1.18. The number of amides is 3. The van der Waals surface area contributed by atoms with Gasteiger partial charge in [-0.15, -0.1) is 5.01 Å². The van der Waals surface area contributed by atoms with Gasteiger partial charge in [-0.1, -0.05) is 12.1 Å². The first-order valence-corrected chi connectivity index (χ1v) is 7.97. The number of carbonyl (C=O) groups excluding carboxylic acids is 2. The second kappa shape index (κ2) is 6.87. The number of nitrogens with one attached hydrogen (secondary N) is 1. The van der Waals surface area contributed by atoms with Crippen LogP contribution in [0.4, 0.5) is 4.79 Å². The van der Waals surface area contributed by atoms with Crippen molar-refractivity contribution in [3.63, 3.8) is 0 Å². The summed E-state index contributed by atoms with van der Waals surface area (Å²) in [4.78, 5) is 25.0. The van der Waals surface area contributed by atoms with Crippen molar-refractivity contribution in [1.29, 1.82) is 0 Å². The molecule has 0 saturated carbocycles. The Kier molecular flexibility index (Phi) is 4.62. The van der Waals surface area contributed by atoms with E-state index < -0.39 is 17.5 Å². The van der Waals surface area contributed by atoms with Crippen molar-refractivity contribution >= 4 is 18.2 Å². The molecule has 7 nitrogen and oxygen atoms in total. The highest BCUT2D eigenvalue weighted by molar-refractivity contribution is 6.07. The van der Waals surface area contributed by atoms with Crippen LogP contribution in [0.2, 0.25) is 0 Å². The fraction of sp³-hybridized carbons (Fsp3) is 0.211. The van der Waals surface area contributed by atoms with Gasteiger partial charge in [0, 0.05) is 0 Å². The normalized spacial score (nSPS) is 19.7. The Balaban J connectivity index is 1.82. The summed E-state index contributed by atoms with van der Waals surface area (Å²) in [6, 6.07) is 13.5. The van der Waals surface area contributed by atoms with Crippen LogP contribution in [0.5, 0.6) is 11.5 Å². The Morgan fingerprint density at radius 3 is 2.04 bits per heavy atom. The molecule has 26 heavy (non-hydrogen) atoms. The molecule has 3 amide bonds. The zero-order chi connectivity index (χ0) is 18.7. The maximum Gasteiger partial charge on any atom is 0.346 e. The smallest absolute Gasteiger partial charge is 0.346 e. The van der Waals surface area contributed by atoms with Crippen LogP contribution in [0.15, 0.2) is 53.6 Å². The lowest BCUT2D eigenvalue weighted by Crippen LogP contribution is -2.40. The summed E-state index contributed by atoms with van der Waals surface area (Å²) in [6.07, 6.45) is 1.46. The van der Waals surface area contributed by atoms with Crippen molar-refractivity contribution in [1.82, 2.24) is 10.3 Å². The lowest BCUT2D eigenvalue weighted by molar-refractivity contribution is -0.131. The molecular weight excluding hydrogens is 334 g/mol. The maximum atomic E-state index is 12.8. The molecule has 1 unspecified atom stereocenters. The van der Waals surface area contributed by atoms with E-state index in [9.17, 15) is 9.59 Å². The largest absolute Gasteiger partial charge is 0.497 e. The second-order valence-electron chi connectivity index (χ2n) is 5.92. The molecular formula is C19H19N3O4. The Bertz CT molecular complexity index is 846. The van der Waals surface area contributed by atoms with Crippen molar-refractivity contribution in [3.05, 3.63) is 59.7 Å². The molecule has 2 aromatic rings. The fourth-order valence-electron chi connectivity index (χ4n) is 2.66. The fourth-order valence-corrected chi connectivity index (χ4v) is 2.66. The average molecular weight is 353 g/mol. The Hall–Kier alpha value is -3.35. The predicted molar refractivity (Wildman–Crippen MR) is 96.3 cm³/mol. The highest BCUT2D eigenvalue weighted by Gasteiger charge is 2.49. The Labute approximate surface area is 151 Å². The number of methoxy groups -OCH3 is 2. The SMILES string of the molecule is COc1ccc(/C=N/N2C(=O)NC(C)(c3ccc(OC)cc3)C2=O)cc1. The van der Waals surface area contributed by atoms with Crippen LogP contribution < -0.4 is 14.8 Å². The summed E-state index contributed by atoms with van der Waals surface area (Å²) in [5, 5.41) is 7.59. The highest BCUT2D eigenvalue weighted by atomic mass is 16.5. The molecule has 3 rings (SSSR count). The maximum absolute atomic E-state index is 12.8. The molecule has 1 fully saturated rings. The molecule has 7 heteroatoms. The van der Waals surface area contributed by atoms with Crippen molar-refractivity contribution in [2.75, 3.05) is 14.2 Å². The third-order valence-corrected chi connectivity index (χ3v) is 4.27. The van der Waals surface area contributed by atoms with Gasteiger partial charge in [0.1, 0.15) is 17.0 Å². The number of nitrogens with zero attached hydrogens (tertiary/aromatic N) is 2. The summed E-state index contributed by atoms with van der Waals surface area (Å²) in [7, 11) is 3.14. The minimum absolute atomic E-state index is 0.447. The molecule has 0 aliphatic carbocycles. The van der Waals surface area contributed by atoms with Crippen molar-refractivity contribution < 1.29 is 19.1 Å². The third-order valence-electron chi connectivity index (χ3n) is 4.27. The van der Waals surface area contributed by atoms with Gasteiger partial charge in [0.2, 0.25) is 0 Å².